The minimum absolute atomic E-state index is 0.0858. The monoisotopic (exact) mass is 420 g/mol. The third-order valence-corrected chi connectivity index (χ3v) is 5.80. The van der Waals surface area contributed by atoms with Gasteiger partial charge in [0.05, 0.1) is 24.9 Å². The lowest BCUT2D eigenvalue weighted by Crippen LogP contribution is -2.48. The van der Waals surface area contributed by atoms with E-state index in [0.29, 0.717) is 6.54 Å². The molecule has 7 heteroatoms. The summed E-state index contributed by atoms with van der Waals surface area (Å²) in [5.74, 6) is 0.774. The van der Waals surface area contributed by atoms with Crippen LogP contribution >= 0.6 is 0 Å². The molecule has 0 radical (unpaired) electrons. The number of aromatic nitrogens is 3. The third kappa shape index (κ3) is 3.65. The van der Waals surface area contributed by atoms with Gasteiger partial charge in [-0.05, 0) is 54.3 Å². The number of ether oxygens (including phenoxy) is 1. The van der Waals surface area contributed by atoms with E-state index in [-0.39, 0.29) is 17.5 Å². The van der Waals surface area contributed by atoms with Crippen LogP contribution in [0.3, 0.4) is 0 Å². The minimum Gasteiger partial charge on any atom is -0.497 e. The molecule has 0 aliphatic carbocycles. The molecule has 3 heterocycles. The van der Waals surface area contributed by atoms with Gasteiger partial charge in [0.1, 0.15) is 11.4 Å². The number of carbonyl (C=O) groups is 1. The van der Waals surface area contributed by atoms with Crippen molar-refractivity contribution in [2.45, 2.75) is 39.8 Å². The highest BCUT2D eigenvalue weighted by atomic mass is 16.5. The predicted molar refractivity (Wildman–Crippen MR) is 119 cm³/mol. The third-order valence-electron chi connectivity index (χ3n) is 5.80. The predicted octanol–water partition coefficient (Wildman–Crippen LogP) is 5.26. The zero-order valence-electron chi connectivity index (χ0n) is 18.5. The van der Waals surface area contributed by atoms with Gasteiger partial charge in [-0.15, -0.1) is 0 Å². The molecule has 3 aromatic rings. The molecular weight excluding hydrogens is 392 g/mol. The fourth-order valence-electron chi connectivity index (χ4n) is 4.48. The Hall–Kier alpha value is -3.35. The van der Waals surface area contributed by atoms with E-state index in [4.69, 9.17) is 9.84 Å². The van der Waals surface area contributed by atoms with Gasteiger partial charge in [0.15, 0.2) is 0 Å². The Labute approximate surface area is 182 Å². The van der Waals surface area contributed by atoms with Crippen LogP contribution in [0.4, 0.5) is 4.79 Å². The number of hydrogen-bond donors (Lipinski definition) is 1. The number of benzene rings is 1. The lowest BCUT2D eigenvalue weighted by Gasteiger charge is -2.44. The van der Waals surface area contributed by atoms with Crippen molar-refractivity contribution >= 4 is 6.09 Å². The Balaban J connectivity index is 2.03. The maximum atomic E-state index is 12.2. The topological polar surface area (TPSA) is 80.5 Å². The number of rotatable bonds is 3. The number of hydrogen-bond acceptors (Lipinski definition) is 4. The van der Waals surface area contributed by atoms with Gasteiger partial charge in [0.2, 0.25) is 0 Å². The number of nitrogens with zero attached hydrogens (tertiary/aromatic N) is 4. The molecule has 2 unspecified atom stereocenters. The zero-order chi connectivity index (χ0) is 22.3. The van der Waals surface area contributed by atoms with Crippen LogP contribution < -0.4 is 4.74 Å². The van der Waals surface area contributed by atoms with E-state index in [1.54, 1.807) is 24.4 Å². The number of pyridine rings is 1. The summed E-state index contributed by atoms with van der Waals surface area (Å²) >= 11 is 0. The second kappa shape index (κ2) is 7.72. The van der Waals surface area contributed by atoms with Gasteiger partial charge < -0.3 is 9.84 Å². The summed E-state index contributed by atoms with van der Waals surface area (Å²) in [5, 5.41) is 15.1. The van der Waals surface area contributed by atoms with Crippen molar-refractivity contribution in [3.8, 4) is 28.1 Å². The van der Waals surface area contributed by atoms with Gasteiger partial charge in [-0.1, -0.05) is 20.8 Å². The lowest BCUT2D eigenvalue weighted by atomic mass is 9.79. The molecule has 162 valence electrons. The smallest absolute Gasteiger partial charge is 0.407 e. The molecule has 1 amide bonds. The summed E-state index contributed by atoms with van der Waals surface area (Å²) in [5.41, 5.74) is 4.30. The SMILES string of the molecule is COc1ccc(-c2nn3c(c2-c2ccncc2)C(C(C)(C)C)N(C(=O)O)CC3C)cc1. The van der Waals surface area contributed by atoms with Crippen molar-refractivity contribution in [3.63, 3.8) is 0 Å². The molecule has 0 fully saturated rings. The summed E-state index contributed by atoms with van der Waals surface area (Å²) in [7, 11) is 1.64. The van der Waals surface area contributed by atoms with Crippen LogP contribution in [0.1, 0.15) is 45.5 Å². The Morgan fingerprint density at radius 1 is 1.10 bits per heavy atom. The fraction of sp³-hybridized carbons (Fsp3) is 0.375. The Morgan fingerprint density at radius 3 is 2.29 bits per heavy atom. The summed E-state index contributed by atoms with van der Waals surface area (Å²) < 4.78 is 7.33. The lowest BCUT2D eigenvalue weighted by molar-refractivity contribution is 0.0509. The molecule has 4 rings (SSSR count). The maximum Gasteiger partial charge on any atom is 0.407 e. The van der Waals surface area contributed by atoms with Crippen LogP contribution in [0.2, 0.25) is 0 Å². The van der Waals surface area contributed by atoms with Gasteiger partial charge in [-0.2, -0.15) is 5.10 Å². The van der Waals surface area contributed by atoms with Crippen LogP contribution in [0, 0.1) is 5.41 Å². The minimum atomic E-state index is -0.911. The average molecular weight is 421 g/mol. The van der Waals surface area contributed by atoms with Crippen molar-refractivity contribution in [1.82, 2.24) is 19.7 Å². The molecule has 1 aliphatic rings. The van der Waals surface area contributed by atoms with E-state index in [9.17, 15) is 9.90 Å². The van der Waals surface area contributed by atoms with E-state index in [1.807, 2.05) is 48.0 Å². The van der Waals surface area contributed by atoms with E-state index in [1.165, 1.54) is 0 Å². The van der Waals surface area contributed by atoms with Crippen LogP contribution in [-0.4, -0.2) is 44.5 Å². The second-order valence-corrected chi connectivity index (χ2v) is 9.07. The summed E-state index contributed by atoms with van der Waals surface area (Å²) in [4.78, 5) is 18.0. The number of carboxylic acid groups (broad SMARTS) is 1. The average Bonchev–Trinajstić information content (AvgIpc) is 3.14. The standard InChI is InChI=1S/C24H28N4O3/c1-15-14-27(23(29)30)22(24(2,3)4)21-19(16-10-12-25-13-11-16)20(26-28(15)21)17-6-8-18(31-5)9-7-17/h6-13,15,22H,14H2,1-5H3,(H,29,30). The Morgan fingerprint density at radius 2 is 1.74 bits per heavy atom. The summed E-state index contributed by atoms with van der Waals surface area (Å²) in [6, 6.07) is 11.3. The van der Waals surface area contributed by atoms with E-state index in [2.05, 4.69) is 25.8 Å². The Kier molecular flexibility index (Phi) is 5.21. The first-order valence-corrected chi connectivity index (χ1v) is 10.4. The van der Waals surface area contributed by atoms with Gasteiger partial charge in [-0.25, -0.2) is 4.79 Å². The second-order valence-electron chi connectivity index (χ2n) is 9.07. The zero-order valence-corrected chi connectivity index (χ0v) is 18.5. The van der Waals surface area contributed by atoms with Gasteiger partial charge >= 0.3 is 6.09 Å². The molecule has 0 bridgehead atoms. The first-order chi connectivity index (χ1) is 14.7. The van der Waals surface area contributed by atoms with Crippen molar-refractivity contribution in [2.75, 3.05) is 13.7 Å². The summed E-state index contributed by atoms with van der Waals surface area (Å²) in [6.45, 7) is 8.63. The normalized spacial score (nSPS) is 18.5. The van der Waals surface area contributed by atoms with Crippen LogP contribution in [0.5, 0.6) is 5.75 Å². The van der Waals surface area contributed by atoms with Gasteiger partial charge in [0, 0.05) is 30.1 Å². The fourth-order valence-corrected chi connectivity index (χ4v) is 4.48. The molecule has 2 aromatic heterocycles. The van der Waals surface area contributed by atoms with Gasteiger partial charge in [-0.3, -0.25) is 14.6 Å². The van der Waals surface area contributed by atoms with Crippen LogP contribution in [0.25, 0.3) is 22.4 Å². The van der Waals surface area contributed by atoms with Gasteiger partial charge in [0.25, 0.3) is 0 Å². The molecule has 0 spiro atoms. The van der Waals surface area contributed by atoms with Crippen LogP contribution in [-0.2, 0) is 0 Å². The Bertz CT molecular complexity index is 1080. The molecular formula is C24H28N4O3. The van der Waals surface area contributed by atoms with Crippen molar-refractivity contribution in [2.24, 2.45) is 5.41 Å². The molecule has 1 N–H and O–H groups in total. The molecule has 0 saturated heterocycles. The molecule has 2 atom stereocenters. The van der Waals surface area contributed by atoms with Crippen molar-refractivity contribution in [1.29, 1.82) is 0 Å². The molecule has 0 saturated carbocycles. The van der Waals surface area contributed by atoms with E-state index < -0.39 is 6.09 Å². The largest absolute Gasteiger partial charge is 0.497 e. The summed E-state index contributed by atoms with van der Waals surface area (Å²) in [6.07, 6.45) is 2.60. The first kappa shape index (κ1) is 20.9. The number of fused-ring (bicyclic) bond motifs is 1. The van der Waals surface area contributed by atoms with Crippen LogP contribution in [0.15, 0.2) is 48.8 Å². The molecule has 1 aromatic carbocycles. The number of amides is 1. The highest BCUT2D eigenvalue weighted by molar-refractivity contribution is 5.84. The molecule has 31 heavy (non-hydrogen) atoms. The molecule has 7 nitrogen and oxygen atoms in total. The highest BCUT2D eigenvalue weighted by Crippen LogP contribution is 2.49. The van der Waals surface area contributed by atoms with E-state index >= 15 is 0 Å². The molecule has 1 aliphatic heterocycles. The van der Waals surface area contributed by atoms with Crippen molar-refractivity contribution in [3.05, 3.63) is 54.5 Å². The van der Waals surface area contributed by atoms with Crippen molar-refractivity contribution < 1.29 is 14.6 Å². The highest BCUT2D eigenvalue weighted by Gasteiger charge is 2.44. The quantitative estimate of drug-likeness (QED) is 0.625. The number of methoxy groups -OCH3 is 1. The van der Waals surface area contributed by atoms with E-state index in [0.717, 1.165) is 33.8 Å². The maximum absolute atomic E-state index is 12.2. The first-order valence-electron chi connectivity index (χ1n) is 10.4.